The summed E-state index contributed by atoms with van der Waals surface area (Å²) in [4.78, 5) is 52.8. The van der Waals surface area contributed by atoms with E-state index in [0.717, 1.165) is 0 Å². The van der Waals surface area contributed by atoms with E-state index in [9.17, 15) is 24.3 Å². The van der Waals surface area contributed by atoms with Gasteiger partial charge < -0.3 is 30.3 Å². The van der Waals surface area contributed by atoms with Crippen LogP contribution in [0.2, 0.25) is 0 Å². The normalized spacial score (nSPS) is 10.2. The van der Waals surface area contributed by atoms with Gasteiger partial charge in [0.1, 0.15) is 17.9 Å². The Morgan fingerprint density at radius 3 is 2.05 bits per heavy atom. The molecule has 0 fully saturated rings. The molecule has 0 saturated carbocycles. The van der Waals surface area contributed by atoms with E-state index in [-0.39, 0.29) is 29.5 Å². The number of rotatable bonds is 9. The maximum atomic E-state index is 13.1. The van der Waals surface area contributed by atoms with Crippen molar-refractivity contribution in [1.82, 2.24) is 5.32 Å². The smallest absolute Gasteiger partial charge is 0.339 e. The summed E-state index contributed by atoms with van der Waals surface area (Å²) < 4.78 is 5.13. The number of likely N-dealkylation sites (N-methyl/N-ethyl adjacent to an activating group) is 1. The number of methoxy groups -OCH3 is 1. The molecule has 3 aromatic carbocycles. The largest absolute Gasteiger partial charge is 0.496 e. The van der Waals surface area contributed by atoms with Crippen molar-refractivity contribution < 1.29 is 29.0 Å². The molecule has 3 N–H and O–H groups in total. The van der Waals surface area contributed by atoms with Gasteiger partial charge in [0, 0.05) is 24.1 Å². The number of carboxylic acids is 1. The third-order valence-electron chi connectivity index (χ3n) is 5.55. The van der Waals surface area contributed by atoms with E-state index in [0.29, 0.717) is 16.9 Å². The van der Waals surface area contributed by atoms with Crippen LogP contribution < -0.4 is 25.2 Å². The highest BCUT2D eigenvalue weighted by Crippen LogP contribution is 2.27. The number of nitrogens with zero attached hydrogens (tertiary/aromatic N) is 2. The topological polar surface area (TPSA) is 128 Å². The molecular formula is C27H28N4O6. The Bertz CT molecular complexity index is 1280. The molecule has 3 rings (SSSR count). The zero-order valence-electron chi connectivity index (χ0n) is 20.7. The summed E-state index contributed by atoms with van der Waals surface area (Å²) >= 11 is 0. The lowest BCUT2D eigenvalue weighted by Gasteiger charge is -2.25. The van der Waals surface area contributed by atoms with E-state index in [2.05, 4.69) is 10.6 Å². The van der Waals surface area contributed by atoms with Gasteiger partial charge in [-0.15, -0.1) is 0 Å². The number of benzene rings is 3. The quantitative estimate of drug-likeness (QED) is 0.409. The molecule has 0 radical (unpaired) electrons. The van der Waals surface area contributed by atoms with Gasteiger partial charge in [-0.25, -0.2) is 9.59 Å². The zero-order chi connectivity index (χ0) is 26.9. The molecule has 0 bridgehead atoms. The van der Waals surface area contributed by atoms with Gasteiger partial charge in [-0.1, -0.05) is 36.4 Å². The maximum absolute atomic E-state index is 13.1. The maximum Gasteiger partial charge on any atom is 0.339 e. The zero-order valence-corrected chi connectivity index (χ0v) is 20.7. The number of carboxylic acid groups (broad SMARTS) is 1. The fourth-order valence-corrected chi connectivity index (χ4v) is 3.67. The van der Waals surface area contributed by atoms with Crippen LogP contribution in [0.3, 0.4) is 0 Å². The number of hydrogen-bond acceptors (Lipinski definition) is 5. The van der Waals surface area contributed by atoms with Crippen molar-refractivity contribution >= 4 is 40.9 Å². The molecule has 0 unspecified atom stereocenters. The number of amides is 4. The Morgan fingerprint density at radius 1 is 0.892 bits per heavy atom. The van der Waals surface area contributed by atoms with Crippen LogP contribution in [0.25, 0.3) is 0 Å². The van der Waals surface area contributed by atoms with Gasteiger partial charge in [0.25, 0.3) is 0 Å². The summed E-state index contributed by atoms with van der Waals surface area (Å²) in [6.07, 6.45) is 0. The molecule has 10 nitrogen and oxygen atoms in total. The highest BCUT2D eigenvalue weighted by Gasteiger charge is 2.22. The van der Waals surface area contributed by atoms with E-state index < -0.39 is 24.5 Å². The van der Waals surface area contributed by atoms with Gasteiger partial charge in [0.2, 0.25) is 11.8 Å². The van der Waals surface area contributed by atoms with Crippen molar-refractivity contribution in [2.45, 2.75) is 6.92 Å². The van der Waals surface area contributed by atoms with Crippen LogP contribution in [0.5, 0.6) is 5.75 Å². The van der Waals surface area contributed by atoms with E-state index >= 15 is 0 Å². The lowest BCUT2D eigenvalue weighted by atomic mass is 10.1. The Labute approximate surface area is 214 Å². The van der Waals surface area contributed by atoms with Crippen molar-refractivity contribution in [2.75, 3.05) is 42.4 Å². The van der Waals surface area contributed by atoms with Gasteiger partial charge in [0.15, 0.2) is 0 Å². The van der Waals surface area contributed by atoms with Crippen LogP contribution in [0.4, 0.5) is 21.9 Å². The van der Waals surface area contributed by atoms with Crippen LogP contribution in [0.1, 0.15) is 15.9 Å². The second kappa shape index (κ2) is 12.2. The first-order chi connectivity index (χ1) is 17.7. The van der Waals surface area contributed by atoms with Crippen molar-refractivity contribution in [3.8, 4) is 5.75 Å². The highest BCUT2D eigenvalue weighted by molar-refractivity contribution is 6.05. The number of carbonyl (C=O) groups is 4. The van der Waals surface area contributed by atoms with Gasteiger partial charge in [0.05, 0.1) is 13.7 Å². The van der Waals surface area contributed by atoms with Crippen LogP contribution in [-0.2, 0) is 9.59 Å². The second-order valence-electron chi connectivity index (χ2n) is 8.09. The Balaban J connectivity index is 1.70. The van der Waals surface area contributed by atoms with Gasteiger partial charge >= 0.3 is 12.0 Å². The predicted molar refractivity (Wildman–Crippen MR) is 140 cm³/mol. The first-order valence-electron chi connectivity index (χ1n) is 11.3. The lowest BCUT2D eigenvalue weighted by molar-refractivity contribution is -0.121. The fourth-order valence-electron chi connectivity index (χ4n) is 3.67. The standard InChI is InChI=1S/C27H28N4O6/c1-18-14-19(15-22(26(34)35)25(18)37-3)29-27(36)28-16-23(32)31(21-12-8-5-9-13-21)17-24(33)30(2)20-10-6-4-7-11-20/h4-15H,16-17H2,1-3H3,(H,34,35)(H2,28,29,36). The monoisotopic (exact) mass is 504 g/mol. The molecule has 0 aliphatic carbocycles. The minimum absolute atomic E-state index is 0.106. The molecule has 0 aliphatic heterocycles. The highest BCUT2D eigenvalue weighted by atomic mass is 16.5. The second-order valence-corrected chi connectivity index (χ2v) is 8.09. The Hall–Kier alpha value is -4.86. The van der Waals surface area contributed by atoms with Crippen molar-refractivity contribution in [3.63, 3.8) is 0 Å². The minimum atomic E-state index is -1.21. The molecule has 192 valence electrons. The molecule has 4 amide bonds. The molecule has 0 spiro atoms. The van der Waals surface area contributed by atoms with Crippen LogP contribution in [0, 0.1) is 6.92 Å². The summed E-state index contributed by atoms with van der Waals surface area (Å²) in [7, 11) is 2.99. The first kappa shape index (κ1) is 26.7. The SMILES string of the molecule is COc1c(C)cc(NC(=O)NCC(=O)N(CC(=O)N(C)c2ccccc2)c2ccccc2)cc1C(=O)O. The summed E-state index contributed by atoms with van der Waals surface area (Å²) in [6, 6.07) is 19.8. The summed E-state index contributed by atoms with van der Waals surface area (Å²) in [5.74, 6) is -1.84. The van der Waals surface area contributed by atoms with Crippen molar-refractivity contribution in [3.05, 3.63) is 83.9 Å². The van der Waals surface area contributed by atoms with E-state index in [1.807, 2.05) is 18.2 Å². The number of urea groups is 1. The Morgan fingerprint density at radius 2 is 1.49 bits per heavy atom. The molecule has 3 aromatic rings. The molecule has 10 heteroatoms. The average molecular weight is 505 g/mol. The molecule has 0 aliphatic rings. The van der Waals surface area contributed by atoms with Crippen molar-refractivity contribution in [2.24, 2.45) is 0 Å². The predicted octanol–water partition coefficient (Wildman–Crippen LogP) is 3.52. The van der Waals surface area contributed by atoms with Gasteiger partial charge in [-0.05, 0) is 48.9 Å². The summed E-state index contributed by atoms with van der Waals surface area (Å²) in [5, 5.41) is 14.4. The van der Waals surface area contributed by atoms with Crippen molar-refractivity contribution in [1.29, 1.82) is 0 Å². The third-order valence-corrected chi connectivity index (χ3v) is 5.55. The van der Waals surface area contributed by atoms with E-state index in [4.69, 9.17) is 4.74 Å². The molecule has 0 atom stereocenters. The molecule has 0 heterocycles. The summed E-state index contributed by atoms with van der Waals surface area (Å²) in [6.45, 7) is 1.01. The number of aryl methyl sites for hydroxylation is 1. The molecule has 0 aromatic heterocycles. The minimum Gasteiger partial charge on any atom is -0.496 e. The van der Waals surface area contributed by atoms with Crippen LogP contribution >= 0.6 is 0 Å². The number of anilines is 3. The number of hydrogen-bond donors (Lipinski definition) is 3. The fraction of sp³-hybridized carbons (Fsp3) is 0.185. The Kier molecular flexibility index (Phi) is 8.82. The number of nitrogens with one attached hydrogen (secondary N) is 2. The molecular weight excluding hydrogens is 476 g/mol. The third kappa shape index (κ3) is 6.85. The van der Waals surface area contributed by atoms with Crippen LogP contribution in [0.15, 0.2) is 72.8 Å². The summed E-state index contributed by atoms with van der Waals surface area (Å²) in [5.41, 5.74) is 1.82. The van der Waals surface area contributed by atoms with E-state index in [1.54, 1.807) is 62.5 Å². The number of carbonyl (C=O) groups excluding carboxylic acids is 3. The first-order valence-corrected chi connectivity index (χ1v) is 11.3. The number of ether oxygens (including phenoxy) is 1. The number of aromatic carboxylic acids is 1. The van der Waals surface area contributed by atoms with Gasteiger partial charge in [-0.2, -0.15) is 0 Å². The average Bonchev–Trinajstić information content (AvgIpc) is 2.90. The molecule has 37 heavy (non-hydrogen) atoms. The van der Waals surface area contributed by atoms with Crippen LogP contribution in [-0.4, -0.2) is 56.2 Å². The van der Waals surface area contributed by atoms with E-state index in [1.165, 1.54) is 23.0 Å². The van der Waals surface area contributed by atoms with Gasteiger partial charge in [-0.3, -0.25) is 9.59 Å². The number of para-hydroxylation sites is 2. The molecule has 0 saturated heterocycles. The lowest BCUT2D eigenvalue weighted by Crippen LogP contribution is -2.46.